The van der Waals surface area contributed by atoms with E-state index in [0.717, 1.165) is 55.1 Å². The number of urea groups is 1. The number of likely N-dealkylation sites (tertiary alicyclic amines) is 1. The number of carbonyl (C=O) groups excluding carboxylic acids is 3. The number of hydrogen-bond acceptors (Lipinski definition) is 6. The Balaban J connectivity index is 1.14. The van der Waals surface area contributed by atoms with Gasteiger partial charge in [-0.1, -0.05) is 45.0 Å². The lowest BCUT2D eigenvalue weighted by atomic mass is 9.92. The molecular weight excluding hydrogens is 603 g/mol. The van der Waals surface area contributed by atoms with Crippen LogP contribution in [0.3, 0.4) is 0 Å². The Morgan fingerprint density at radius 3 is 2.43 bits per heavy atom. The lowest BCUT2D eigenvalue weighted by Crippen LogP contribution is -2.51. The van der Waals surface area contributed by atoms with Crippen LogP contribution in [0.25, 0.3) is 0 Å². The molecule has 3 fully saturated rings. The largest absolute Gasteiger partial charge is 0.369 e. The number of hydrogen-bond donors (Lipinski definition) is 1. The summed E-state index contributed by atoms with van der Waals surface area (Å²) in [5, 5.41) is 2.22. The zero-order valence-corrected chi connectivity index (χ0v) is 28.3. The Labute approximate surface area is 276 Å². The predicted molar refractivity (Wildman–Crippen MR) is 181 cm³/mol. The lowest BCUT2D eigenvalue weighted by Gasteiger charge is -2.40. The number of nitrogens with zero attached hydrogens (tertiary/aromatic N) is 5. The summed E-state index contributed by atoms with van der Waals surface area (Å²) >= 11 is 1.53. The highest BCUT2D eigenvalue weighted by molar-refractivity contribution is 8.01. The zero-order valence-electron chi connectivity index (χ0n) is 27.5. The summed E-state index contributed by atoms with van der Waals surface area (Å²) < 4.78 is 14.6. The Morgan fingerprint density at radius 1 is 1.00 bits per heavy atom. The summed E-state index contributed by atoms with van der Waals surface area (Å²) in [5.41, 5.74) is 3.78. The smallest absolute Gasteiger partial charge is 0.322 e. The van der Waals surface area contributed by atoms with Gasteiger partial charge in [0.15, 0.2) is 0 Å². The Hall–Kier alpha value is -3.31. The van der Waals surface area contributed by atoms with Gasteiger partial charge in [0.2, 0.25) is 11.8 Å². The van der Waals surface area contributed by atoms with Crippen molar-refractivity contribution in [2.75, 3.05) is 63.1 Å². The highest BCUT2D eigenvalue weighted by Crippen LogP contribution is 2.48. The molecule has 4 heterocycles. The molecule has 2 atom stereocenters. The van der Waals surface area contributed by atoms with E-state index in [-0.39, 0.29) is 46.9 Å². The number of nitrogens with one attached hydrogen (secondary N) is 1. The molecule has 46 heavy (non-hydrogen) atoms. The van der Waals surface area contributed by atoms with Crippen LogP contribution in [0.2, 0.25) is 0 Å². The summed E-state index contributed by atoms with van der Waals surface area (Å²) in [6, 6.07) is 12.8. The van der Waals surface area contributed by atoms with Crippen molar-refractivity contribution >= 4 is 41.0 Å². The minimum Gasteiger partial charge on any atom is -0.369 e. The van der Waals surface area contributed by atoms with E-state index in [1.807, 2.05) is 45.0 Å². The second kappa shape index (κ2) is 13.4. The van der Waals surface area contributed by atoms with Gasteiger partial charge in [0.05, 0.1) is 5.25 Å². The topological polar surface area (TPSA) is 79.4 Å². The first-order valence-electron chi connectivity index (χ1n) is 16.6. The van der Waals surface area contributed by atoms with E-state index in [0.29, 0.717) is 39.0 Å². The van der Waals surface area contributed by atoms with E-state index in [9.17, 15) is 18.8 Å². The van der Waals surface area contributed by atoms with Crippen molar-refractivity contribution in [3.05, 3.63) is 59.4 Å². The van der Waals surface area contributed by atoms with Crippen LogP contribution >= 0.6 is 11.8 Å². The summed E-state index contributed by atoms with van der Waals surface area (Å²) in [7, 11) is 2.09. The quantitative estimate of drug-likeness (QED) is 0.434. The molecule has 2 unspecified atom stereocenters. The summed E-state index contributed by atoms with van der Waals surface area (Å²) in [6.07, 6.45) is 2.37. The average Bonchev–Trinajstić information content (AvgIpc) is 3.33. The average molecular weight is 651 g/mol. The van der Waals surface area contributed by atoms with Crippen molar-refractivity contribution < 1.29 is 18.8 Å². The molecule has 0 bridgehead atoms. The molecule has 1 N–H and O–H groups in total. The van der Waals surface area contributed by atoms with E-state index in [1.54, 1.807) is 6.07 Å². The van der Waals surface area contributed by atoms with Crippen molar-refractivity contribution in [1.29, 1.82) is 0 Å². The Kier molecular flexibility index (Phi) is 9.53. The molecule has 9 nitrogen and oxygen atoms in total. The van der Waals surface area contributed by atoms with Crippen LogP contribution in [-0.2, 0) is 16.1 Å². The molecule has 2 aromatic rings. The van der Waals surface area contributed by atoms with Gasteiger partial charge in [-0.25, -0.2) is 9.18 Å². The van der Waals surface area contributed by atoms with Crippen molar-refractivity contribution in [3.8, 4) is 0 Å². The number of likely N-dealkylation sites (N-methyl/N-ethyl adjacent to an activating group) is 1. The monoisotopic (exact) mass is 650 g/mol. The standard InChI is InChI=1S/C35H47FN6O3S/c1-35(2,3)13-16-41-32(44)30(46-33(41)27-10-9-25(36)21-29(27)39-19-17-38(4)18-20-39)22-31(43)40-14-11-26(12-15-40)42-23-24-7-5-6-8-28(24)37-34(42)45/h5-10,21,26,30,33H,11-20,22-23H2,1-4H3,(H,37,45). The Bertz CT molecular complexity index is 1450. The molecule has 0 aromatic heterocycles. The molecular formula is C35H47FN6O3S. The molecule has 0 radical (unpaired) electrons. The van der Waals surface area contributed by atoms with Crippen LogP contribution in [0.5, 0.6) is 0 Å². The van der Waals surface area contributed by atoms with Crippen LogP contribution in [0, 0.1) is 11.2 Å². The van der Waals surface area contributed by atoms with Gasteiger partial charge in [-0.15, -0.1) is 11.8 Å². The zero-order chi connectivity index (χ0) is 32.6. The molecule has 0 aliphatic carbocycles. The fraction of sp³-hybridized carbons (Fsp3) is 0.571. The molecule has 0 saturated carbocycles. The maximum atomic E-state index is 14.6. The molecule has 2 aromatic carbocycles. The fourth-order valence-corrected chi connectivity index (χ4v) is 8.43. The van der Waals surface area contributed by atoms with Gasteiger partial charge in [0.25, 0.3) is 0 Å². The number of anilines is 2. The number of benzene rings is 2. The third-order valence-corrected chi connectivity index (χ3v) is 11.3. The van der Waals surface area contributed by atoms with Crippen molar-refractivity contribution in [3.63, 3.8) is 0 Å². The maximum Gasteiger partial charge on any atom is 0.322 e. The first-order chi connectivity index (χ1) is 22.0. The number of fused-ring (bicyclic) bond motifs is 1. The second-order valence-electron chi connectivity index (χ2n) is 14.3. The number of para-hydroxylation sites is 1. The second-order valence-corrected chi connectivity index (χ2v) is 15.6. The van der Waals surface area contributed by atoms with Crippen molar-refractivity contribution in [1.82, 2.24) is 19.6 Å². The lowest BCUT2D eigenvalue weighted by molar-refractivity contribution is -0.137. The van der Waals surface area contributed by atoms with Crippen LogP contribution in [-0.4, -0.2) is 102 Å². The molecule has 4 amide bonds. The summed E-state index contributed by atoms with van der Waals surface area (Å²) in [4.78, 5) is 50.7. The van der Waals surface area contributed by atoms with Gasteiger partial charge < -0.3 is 29.8 Å². The number of halogens is 1. The summed E-state index contributed by atoms with van der Waals surface area (Å²) in [5.74, 6) is -0.318. The van der Waals surface area contributed by atoms with Gasteiger partial charge in [0, 0.05) is 81.8 Å². The molecule has 3 saturated heterocycles. The van der Waals surface area contributed by atoms with Crippen LogP contribution in [0.1, 0.15) is 63.0 Å². The van der Waals surface area contributed by atoms with Crippen LogP contribution in [0.15, 0.2) is 42.5 Å². The Morgan fingerprint density at radius 2 is 1.72 bits per heavy atom. The maximum absolute atomic E-state index is 14.6. The van der Waals surface area contributed by atoms with Crippen molar-refractivity contribution in [2.45, 2.75) is 69.7 Å². The van der Waals surface area contributed by atoms with E-state index in [2.05, 4.69) is 42.9 Å². The normalized spacial score (nSPS) is 23.2. The minimum absolute atomic E-state index is 0.0141. The molecule has 248 valence electrons. The van der Waals surface area contributed by atoms with Gasteiger partial charge in [-0.3, -0.25) is 9.59 Å². The van der Waals surface area contributed by atoms with Crippen LogP contribution in [0.4, 0.5) is 20.6 Å². The molecule has 4 aliphatic rings. The first-order valence-corrected chi connectivity index (χ1v) is 17.5. The van der Waals surface area contributed by atoms with Gasteiger partial charge in [-0.2, -0.15) is 0 Å². The number of carbonyl (C=O) groups is 3. The molecule has 0 spiro atoms. The van der Waals surface area contributed by atoms with Gasteiger partial charge in [0.1, 0.15) is 11.2 Å². The van der Waals surface area contributed by atoms with Crippen LogP contribution < -0.4 is 10.2 Å². The van der Waals surface area contributed by atoms with E-state index < -0.39 is 5.25 Å². The number of amides is 4. The number of piperidine rings is 1. The number of piperazine rings is 1. The molecule has 11 heteroatoms. The fourth-order valence-electron chi connectivity index (χ4n) is 6.93. The van der Waals surface area contributed by atoms with Gasteiger partial charge >= 0.3 is 6.03 Å². The number of rotatable bonds is 7. The van der Waals surface area contributed by atoms with Crippen molar-refractivity contribution in [2.24, 2.45) is 5.41 Å². The van der Waals surface area contributed by atoms with E-state index >= 15 is 0 Å². The highest BCUT2D eigenvalue weighted by Gasteiger charge is 2.44. The van der Waals surface area contributed by atoms with E-state index in [1.165, 1.54) is 17.8 Å². The SMILES string of the molecule is CN1CCN(c2cc(F)ccc2C2SC(CC(=O)N3CCC(N4Cc5ccccc5NC4=O)CC3)C(=O)N2CCC(C)(C)C)CC1. The van der Waals surface area contributed by atoms with Gasteiger partial charge in [-0.05, 0) is 55.5 Å². The first kappa shape index (κ1) is 32.6. The minimum atomic E-state index is -0.495. The summed E-state index contributed by atoms with van der Waals surface area (Å²) in [6.45, 7) is 12.1. The molecule has 6 rings (SSSR count). The molecule has 4 aliphatic heterocycles. The third kappa shape index (κ3) is 7.15. The third-order valence-electron chi connectivity index (χ3n) is 9.82. The highest BCUT2D eigenvalue weighted by atomic mass is 32.2. The van der Waals surface area contributed by atoms with E-state index in [4.69, 9.17) is 0 Å². The predicted octanol–water partition coefficient (Wildman–Crippen LogP) is 5.39. The number of thioether (sulfide) groups is 1.